The van der Waals surface area contributed by atoms with Crippen LogP contribution in [0.2, 0.25) is 0 Å². The topological polar surface area (TPSA) is 58.1 Å². The number of nitrogens with one attached hydrogen (secondary N) is 1. The molecular weight excluding hydrogens is 308 g/mol. The zero-order valence-corrected chi connectivity index (χ0v) is 14.2. The van der Waals surface area contributed by atoms with Gasteiger partial charge in [0, 0.05) is 42.6 Å². The zero-order chi connectivity index (χ0) is 16.1. The summed E-state index contributed by atoms with van der Waals surface area (Å²) in [4.78, 5) is 18.7. The molecule has 2 heterocycles. The van der Waals surface area contributed by atoms with Gasteiger partial charge < -0.3 is 10.2 Å². The van der Waals surface area contributed by atoms with Crippen molar-refractivity contribution in [3.8, 4) is 11.4 Å². The van der Waals surface area contributed by atoms with Crippen molar-refractivity contribution in [1.82, 2.24) is 14.7 Å². The summed E-state index contributed by atoms with van der Waals surface area (Å²) in [6.45, 7) is 3.82. The Balaban J connectivity index is 1.65. The Bertz CT molecular complexity index is 643. The van der Waals surface area contributed by atoms with Gasteiger partial charge in [-0.2, -0.15) is 9.36 Å². The van der Waals surface area contributed by atoms with Crippen LogP contribution in [0.5, 0.6) is 0 Å². The first-order chi connectivity index (χ1) is 11.3. The van der Waals surface area contributed by atoms with Gasteiger partial charge in [0.25, 0.3) is 0 Å². The number of hydrogen-bond donors (Lipinski definition) is 1. The fourth-order valence-electron chi connectivity index (χ4n) is 2.84. The van der Waals surface area contributed by atoms with E-state index in [1.807, 2.05) is 37.3 Å². The summed E-state index contributed by atoms with van der Waals surface area (Å²) in [5.74, 6) is 0.935. The normalized spacial score (nSPS) is 18.0. The predicted molar refractivity (Wildman–Crippen MR) is 93.6 cm³/mol. The number of piperidine rings is 1. The molecule has 1 aromatic carbocycles. The number of rotatable bonds is 5. The summed E-state index contributed by atoms with van der Waals surface area (Å²) < 4.78 is 4.48. The Morgan fingerprint density at radius 2 is 2.22 bits per heavy atom. The maximum Gasteiger partial charge on any atom is 0.220 e. The van der Waals surface area contributed by atoms with Crippen LogP contribution in [0, 0.1) is 0 Å². The van der Waals surface area contributed by atoms with Crippen LogP contribution in [0.15, 0.2) is 30.3 Å². The molecule has 0 aliphatic carbocycles. The molecule has 23 heavy (non-hydrogen) atoms. The van der Waals surface area contributed by atoms with E-state index in [2.05, 4.69) is 19.6 Å². The van der Waals surface area contributed by atoms with Crippen molar-refractivity contribution in [2.45, 2.75) is 38.6 Å². The monoisotopic (exact) mass is 330 g/mol. The number of nitrogens with zero attached hydrogens (tertiary/aromatic N) is 3. The van der Waals surface area contributed by atoms with Crippen LogP contribution in [-0.4, -0.2) is 34.4 Å². The predicted octanol–water partition coefficient (Wildman–Crippen LogP) is 3.09. The van der Waals surface area contributed by atoms with Gasteiger partial charge in [0.15, 0.2) is 5.82 Å². The first-order valence-corrected chi connectivity index (χ1v) is 8.97. The van der Waals surface area contributed by atoms with Gasteiger partial charge in [0.05, 0.1) is 0 Å². The van der Waals surface area contributed by atoms with Crippen LogP contribution in [0.25, 0.3) is 11.4 Å². The zero-order valence-electron chi connectivity index (χ0n) is 13.4. The third-order valence-electron chi connectivity index (χ3n) is 3.98. The number of benzene rings is 1. The summed E-state index contributed by atoms with van der Waals surface area (Å²) in [5, 5.41) is 4.08. The van der Waals surface area contributed by atoms with Gasteiger partial charge >= 0.3 is 0 Å². The lowest BCUT2D eigenvalue weighted by atomic mass is 10.1. The third kappa shape index (κ3) is 4.07. The molecule has 2 aromatic rings. The van der Waals surface area contributed by atoms with Gasteiger partial charge in [-0.25, -0.2) is 0 Å². The van der Waals surface area contributed by atoms with Crippen molar-refractivity contribution in [2.75, 3.05) is 18.0 Å². The highest BCUT2D eigenvalue weighted by Crippen LogP contribution is 2.26. The molecule has 0 saturated carbocycles. The number of anilines is 1. The molecule has 5 nitrogen and oxygen atoms in total. The summed E-state index contributed by atoms with van der Waals surface area (Å²) in [7, 11) is 0. The number of carbonyl (C=O) groups excluding carboxylic acids is 1. The Morgan fingerprint density at radius 3 is 3.00 bits per heavy atom. The lowest BCUT2D eigenvalue weighted by Crippen LogP contribution is -2.47. The Morgan fingerprint density at radius 1 is 1.39 bits per heavy atom. The van der Waals surface area contributed by atoms with Crippen molar-refractivity contribution in [2.24, 2.45) is 0 Å². The van der Waals surface area contributed by atoms with Crippen molar-refractivity contribution in [3.63, 3.8) is 0 Å². The average molecular weight is 330 g/mol. The van der Waals surface area contributed by atoms with E-state index < -0.39 is 0 Å². The lowest BCUT2D eigenvalue weighted by molar-refractivity contribution is -0.121. The largest absolute Gasteiger partial charge is 0.352 e. The molecule has 122 valence electrons. The molecule has 1 saturated heterocycles. The molecule has 0 spiro atoms. The standard InChI is InChI=1S/C17H22N4OS/c1-2-7-15(22)18-14-10-6-11-21(12-14)17-19-16(20-23-17)13-8-4-3-5-9-13/h3-5,8-9,14H,2,6-7,10-12H2,1H3,(H,18,22). The van der Waals surface area contributed by atoms with Crippen LogP contribution < -0.4 is 10.2 Å². The van der Waals surface area contributed by atoms with Gasteiger partial charge in [-0.3, -0.25) is 4.79 Å². The van der Waals surface area contributed by atoms with E-state index in [0.717, 1.165) is 48.9 Å². The summed E-state index contributed by atoms with van der Waals surface area (Å²) in [6, 6.07) is 10.2. The minimum Gasteiger partial charge on any atom is -0.352 e. The van der Waals surface area contributed by atoms with Crippen molar-refractivity contribution >= 4 is 22.6 Å². The number of aromatic nitrogens is 2. The van der Waals surface area contributed by atoms with Crippen LogP contribution in [0.3, 0.4) is 0 Å². The molecule has 1 aromatic heterocycles. The van der Waals surface area contributed by atoms with Gasteiger partial charge in [0.2, 0.25) is 11.0 Å². The van der Waals surface area contributed by atoms with Crippen LogP contribution in [0.4, 0.5) is 5.13 Å². The van der Waals surface area contributed by atoms with Gasteiger partial charge in [-0.1, -0.05) is 37.3 Å². The first-order valence-electron chi connectivity index (χ1n) is 8.19. The highest BCUT2D eigenvalue weighted by molar-refractivity contribution is 7.09. The van der Waals surface area contributed by atoms with Crippen molar-refractivity contribution in [3.05, 3.63) is 30.3 Å². The van der Waals surface area contributed by atoms with Gasteiger partial charge in [-0.15, -0.1) is 0 Å². The fourth-order valence-corrected chi connectivity index (χ4v) is 3.57. The molecule has 0 radical (unpaired) electrons. The van der Waals surface area contributed by atoms with E-state index in [9.17, 15) is 4.79 Å². The van der Waals surface area contributed by atoms with E-state index in [1.165, 1.54) is 11.5 Å². The molecular formula is C17H22N4OS. The summed E-state index contributed by atoms with van der Waals surface area (Å²) in [5.41, 5.74) is 1.04. The van der Waals surface area contributed by atoms with E-state index >= 15 is 0 Å². The molecule has 1 N–H and O–H groups in total. The molecule has 1 aliphatic rings. The minimum atomic E-state index is 0.154. The summed E-state index contributed by atoms with van der Waals surface area (Å²) >= 11 is 1.43. The number of carbonyl (C=O) groups is 1. The van der Waals surface area contributed by atoms with Crippen molar-refractivity contribution < 1.29 is 4.79 Å². The Hall–Kier alpha value is -1.95. The van der Waals surface area contributed by atoms with E-state index in [0.29, 0.717) is 6.42 Å². The fraction of sp³-hybridized carbons (Fsp3) is 0.471. The second-order valence-corrected chi connectivity index (χ2v) is 6.60. The second kappa shape index (κ2) is 7.55. The molecule has 1 unspecified atom stereocenters. The summed E-state index contributed by atoms with van der Waals surface area (Å²) in [6.07, 6.45) is 3.60. The number of hydrogen-bond acceptors (Lipinski definition) is 5. The highest BCUT2D eigenvalue weighted by Gasteiger charge is 2.23. The first kappa shape index (κ1) is 15.9. The van der Waals surface area contributed by atoms with Crippen LogP contribution >= 0.6 is 11.5 Å². The lowest BCUT2D eigenvalue weighted by Gasteiger charge is -2.32. The minimum absolute atomic E-state index is 0.154. The van der Waals surface area contributed by atoms with Crippen molar-refractivity contribution in [1.29, 1.82) is 0 Å². The second-order valence-electron chi connectivity index (χ2n) is 5.87. The van der Waals surface area contributed by atoms with E-state index in [1.54, 1.807) is 0 Å². The Kier molecular flexibility index (Phi) is 5.23. The Labute approximate surface area is 140 Å². The molecule has 6 heteroatoms. The SMILES string of the molecule is CCCC(=O)NC1CCCN(c2nc(-c3ccccc3)ns2)C1. The average Bonchev–Trinajstić information content (AvgIpc) is 3.06. The maximum atomic E-state index is 11.8. The maximum absolute atomic E-state index is 11.8. The van der Waals surface area contributed by atoms with Gasteiger partial charge in [0.1, 0.15) is 0 Å². The molecule has 1 atom stereocenters. The van der Waals surface area contributed by atoms with Crippen LogP contribution in [0.1, 0.15) is 32.6 Å². The molecule has 3 rings (SSSR count). The highest BCUT2D eigenvalue weighted by atomic mass is 32.1. The third-order valence-corrected chi connectivity index (χ3v) is 4.76. The van der Waals surface area contributed by atoms with E-state index in [4.69, 9.17) is 0 Å². The number of amides is 1. The quantitative estimate of drug-likeness (QED) is 0.915. The molecule has 1 amide bonds. The smallest absolute Gasteiger partial charge is 0.220 e. The molecule has 1 aliphatic heterocycles. The molecule has 1 fully saturated rings. The molecule has 0 bridgehead atoms. The van der Waals surface area contributed by atoms with Crippen LogP contribution in [-0.2, 0) is 4.79 Å². The van der Waals surface area contributed by atoms with E-state index in [-0.39, 0.29) is 11.9 Å². The van der Waals surface area contributed by atoms with Gasteiger partial charge in [-0.05, 0) is 19.3 Å².